The highest BCUT2D eigenvalue weighted by Crippen LogP contribution is 2.16. The van der Waals surface area contributed by atoms with E-state index >= 15 is 0 Å². The molecule has 1 aromatic carbocycles. The summed E-state index contributed by atoms with van der Waals surface area (Å²) < 4.78 is 0. The van der Waals surface area contributed by atoms with Crippen LogP contribution in [-0.4, -0.2) is 11.7 Å². The standard InChI is InChI=1S/C12H15NO2/c1-8-4-5-9(2)11(6-8)13-12(15)7-10(3)14/h4-6H,7H2,1-3H3,(H,13,15). The van der Waals surface area contributed by atoms with Crippen LogP contribution < -0.4 is 5.32 Å². The Balaban J connectivity index is 2.76. The number of carbonyl (C=O) groups excluding carboxylic acids is 2. The lowest BCUT2D eigenvalue weighted by molar-refractivity contribution is -0.124. The first-order valence-corrected chi connectivity index (χ1v) is 4.85. The molecule has 80 valence electrons. The van der Waals surface area contributed by atoms with Crippen LogP contribution in [0.3, 0.4) is 0 Å². The molecular formula is C12H15NO2. The molecule has 0 saturated carbocycles. The highest BCUT2D eigenvalue weighted by molar-refractivity contribution is 6.03. The maximum absolute atomic E-state index is 11.4. The number of anilines is 1. The third-order valence-electron chi connectivity index (χ3n) is 2.08. The van der Waals surface area contributed by atoms with Gasteiger partial charge in [-0.05, 0) is 38.0 Å². The topological polar surface area (TPSA) is 46.2 Å². The molecular weight excluding hydrogens is 190 g/mol. The van der Waals surface area contributed by atoms with Gasteiger partial charge < -0.3 is 5.32 Å². The largest absolute Gasteiger partial charge is 0.325 e. The molecule has 0 saturated heterocycles. The summed E-state index contributed by atoms with van der Waals surface area (Å²) in [5.74, 6) is -0.381. The van der Waals surface area contributed by atoms with E-state index < -0.39 is 0 Å². The summed E-state index contributed by atoms with van der Waals surface area (Å²) in [6.45, 7) is 5.28. The molecule has 3 nitrogen and oxygen atoms in total. The van der Waals surface area contributed by atoms with E-state index in [0.717, 1.165) is 16.8 Å². The molecule has 0 aliphatic carbocycles. The highest BCUT2D eigenvalue weighted by Gasteiger charge is 2.06. The van der Waals surface area contributed by atoms with Gasteiger partial charge in [0.25, 0.3) is 0 Å². The van der Waals surface area contributed by atoms with Crippen LogP contribution in [0.15, 0.2) is 18.2 Å². The lowest BCUT2D eigenvalue weighted by atomic mass is 10.1. The summed E-state index contributed by atoms with van der Waals surface area (Å²) in [6.07, 6.45) is -0.0621. The molecule has 0 aliphatic heterocycles. The Morgan fingerprint density at radius 3 is 2.53 bits per heavy atom. The molecule has 0 aromatic heterocycles. The fraction of sp³-hybridized carbons (Fsp3) is 0.333. The highest BCUT2D eigenvalue weighted by atomic mass is 16.2. The van der Waals surface area contributed by atoms with E-state index in [1.807, 2.05) is 32.0 Å². The van der Waals surface area contributed by atoms with Crippen molar-refractivity contribution in [2.45, 2.75) is 27.2 Å². The maximum atomic E-state index is 11.4. The predicted octanol–water partition coefficient (Wildman–Crippen LogP) is 2.22. The average molecular weight is 205 g/mol. The van der Waals surface area contributed by atoms with Crippen molar-refractivity contribution >= 4 is 17.4 Å². The molecule has 0 bridgehead atoms. The average Bonchev–Trinajstić information content (AvgIpc) is 2.10. The molecule has 1 aromatic rings. The van der Waals surface area contributed by atoms with Crippen molar-refractivity contribution < 1.29 is 9.59 Å². The van der Waals surface area contributed by atoms with Crippen molar-refractivity contribution in [1.82, 2.24) is 0 Å². The molecule has 0 unspecified atom stereocenters. The van der Waals surface area contributed by atoms with Crippen LogP contribution in [0.25, 0.3) is 0 Å². The third kappa shape index (κ3) is 3.54. The summed E-state index contributed by atoms with van der Waals surface area (Å²) in [6, 6.07) is 5.82. The maximum Gasteiger partial charge on any atom is 0.231 e. The second-order valence-electron chi connectivity index (χ2n) is 3.75. The minimum absolute atomic E-state index is 0.0621. The molecule has 3 heteroatoms. The van der Waals surface area contributed by atoms with Gasteiger partial charge in [-0.25, -0.2) is 0 Å². The fourth-order valence-electron chi connectivity index (χ4n) is 1.29. The van der Waals surface area contributed by atoms with Crippen LogP contribution in [0.1, 0.15) is 24.5 Å². The fourth-order valence-corrected chi connectivity index (χ4v) is 1.29. The third-order valence-corrected chi connectivity index (χ3v) is 2.08. The number of carbonyl (C=O) groups is 2. The van der Waals surface area contributed by atoms with Crippen LogP contribution in [0.4, 0.5) is 5.69 Å². The summed E-state index contributed by atoms with van der Waals surface area (Å²) in [5.41, 5.74) is 2.86. The van der Waals surface area contributed by atoms with Crippen LogP contribution >= 0.6 is 0 Å². The monoisotopic (exact) mass is 205 g/mol. The Morgan fingerprint density at radius 2 is 1.93 bits per heavy atom. The van der Waals surface area contributed by atoms with Crippen LogP contribution in [0.2, 0.25) is 0 Å². The number of rotatable bonds is 3. The van der Waals surface area contributed by atoms with Gasteiger partial charge in [0.1, 0.15) is 5.78 Å². The van der Waals surface area contributed by atoms with Gasteiger partial charge in [-0.1, -0.05) is 12.1 Å². The van der Waals surface area contributed by atoms with Crippen molar-refractivity contribution in [1.29, 1.82) is 0 Å². The van der Waals surface area contributed by atoms with Gasteiger partial charge in [0.15, 0.2) is 0 Å². The smallest absolute Gasteiger partial charge is 0.231 e. The number of hydrogen-bond acceptors (Lipinski definition) is 2. The van der Waals surface area contributed by atoms with E-state index in [1.54, 1.807) is 0 Å². The van der Waals surface area contributed by atoms with Crippen molar-refractivity contribution in [3.8, 4) is 0 Å². The lowest BCUT2D eigenvalue weighted by Gasteiger charge is -2.08. The van der Waals surface area contributed by atoms with Crippen LogP contribution in [-0.2, 0) is 9.59 Å². The molecule has 15 heavy (non-hydrogen) atoms. The number of amides is 1. The minimum atomic E-state index is -0.254. The Labute approximate surface area is 89.5 Å². The zero-order chi connectivity index (χ0) is 11.4. The molecule has 0 heterocycles. The molecule has 0 atom stereocenters. The minimum Gasteiger partial charge on any atom is -0.325 e. The van der Waals surface area contributed by atoms with Crippen molar-refractivity contribution in [3.63, 3.8) is 0 Å². The van der Waals surface area contributed by atoms with Crippen molar-refractivity contribution in [2.75, 3.05) is 5.32 Å². The first kappa shape index (κ1) is 11.4. The van der Waals surface area contributed by atoms with Gasteiger partial charge in [-0.15, -0.1) is 0 Å². The molecule has 0 fully saturated rings. The molecule has 0 spiro atoms. The van der Waals surface area contributed by atoms with Crippen molar-refractivity contribution in [3.05, 3.63) is 29.3 Å². The number of aryl methyl sites for hydroxylation is 2. The van der Waals surface area contributed by atoms with Gasteiger partial charge >= 0.3 is 0 Å². The Hall–Kier alpha value is -1.64. The summed E-state index contributed by atoms with van der Waals surface area (Å²) >= 11 is 0. The number of Topliss-reactive ketones (excluding diaryl/α,β-unsaturated/α-hetero) is 1. The normalized spacial score (nSPS) is 9.80. The van der Waals surface area contributed by atoms with Gasteiger partial charge in [0.2, 0.25) is 5.91 Å². The number of hydrogen-bond donors (Lipinski definition) is 1. The number of benzene rings is 1. The zero-order valence-electron chi connectivity index (χ0n) is 9.26. The van der Waals surface area contributed by atoms with Gasteiger partial charge in [-0.3, -0.25) is 9.59 Å². The second kappa shape index (κ2) is 4.73. The first-order chi connectivity index (χ1) is 6.99. The number of ketones is 1. The summed E-state index contributed by atoms with van der Waals surface area (Å²) in [4.78, 5) is 22.1. The van der Waals surface area contributed by atoms with Crippen LogP contribution in [0, 0.1) is 13.8 Å². The molecule has 0 aliphatic rings. The summed E-state index contributed by atoms with van der Waals surface area (Å²) in [7, 11) is 0. The summed E-state index contributed by atoms with van der Waals surface area (Å²) in [5, 5.41) is 2.72. The molecule has 1 N–H and O–H groups in total. The Kier molecular flexibility index (Phi) is 3.61. The van der Waals surface area contributed by atoms with E-state index in [4.69, 9.17) is 0 Å². The molecule has 1 rings (SSSR count). The van der Waals surface area contributed by atoms with Gasteiger partial charge in [0.05, 0.1) is 6.42 Å². The van der Waals surface area contributed by atoms with Gasteiger partial charge in [0, 0.05) is 5.69 Å². The number of nitrogens with one attached hydrogen (secondary N) is 1. The van der Waals surface area contributed by atoms with E-state index in [2.05, 4.69) is 5.32 Å². The Bertz CT molecular complexity index is 397. The van der Waals surface area contributed by atoms with E-state index in [0.29, 0.717) is 0 Å². The van der Waals surface area contributed by atoms with E-state index in [9.17, 15) is 9.59 Å². The molecule has 0 radical (unpaired) electrons. The quantitative estimate of drug-likeness (QED) is 0.769. The zero-order valence-corrected chi connectivity index (χ0v) is 9.26. The van der Waals surface area contributed by atoms with Crippen molar-refractivity contribution in [2.24, 2.45) is 0 Å². The first-order valence-electron chi connectivity index (χ1n) is 4.85. The van der Waals surface area contributed by atoms with Crippen LogP contribution in [0.5, 0.6) is 0 Å². The SMILES string of the molecule is CC(=O)CC(=O)Nc1cc(C)ccc1C. The predicted molar refractivity (Wildman–Crippen MR) is 59.8 cm³/mol. The lowest BCUT2D eigenvalue weighted by Crippen LogP contribution is -2.15. The van der Waals surface area contributed by atoms with Gasteiger partial charge in [-0.2, -0.15) is 0 Å². The Morgan fingerprint density at radius 1 is 1.27 bits per heavy atom. The van der Waals surface area contributed by atoms with E-state index in [1.165, 1.54) is 6.92 Å². The van der Waals surface area contributed by atoms with E-state index in [-0.39, 0.29) is 18.1 Å². The second-order valence-corrected chi connectivity index (χ2v) is 3.75. The molecule has 1 amide bonds.